The maximum atomic E-state index is 12.7. The number of anilines is 2. The van der Waals surface area contributed by atoms with Crippen LogP contribution in [0.3, 0.4) is 0 Å². The molecule has 1 N–H and O–H groups in total. The maximum Gasteiger partial charge on any atom is 0.255 e. The normalized spacial score (nSPS) is 17.4. The molecule has 4 rings (SSSR count). The van der Waals surface area contributed by atoms with E-state index in [1.165, 1.54) is 24.3 Å². The number of hydrogen-bond donors (Lipinski definition) is 1. The first-order valence-corrected chi connectivity index (χ1v) is 11.3. The van der Waals surface area contributed by atoms with Crippen molar-refractivity contribution in [3.63, 3.8) is 0 Å². The Morgan fingerprint density at radius 2 is 1.61 bits per heavy atom. The molecule has 0 aromatic heterocycles. The van der Waals surface area contributed by atoms with Crippen LogP contribution in [0.4, 0.5) is 11.4 Å². The minimum absolute atomic E-state index is 0.216. The van der Waals surface area contributed by atoms with E-state index < -0.39 is 21.8 Å². The van der Waals surface area contributed by atoms with Crippen molar-refractivity contribution in [2.45, 2.75) is 6.92 Å². The van der Waals surface area contributed by atoms with E-state index in [2.05, 4.69) is 5.32 Å². The molecule has 1 unspecified atom stereocenters. The number of hydrogen-bond acceptors (Lipinski definition) is 5. The highest BCUT2D eigenvalue weighted by Gasteiger charge is 2.41. The van der Waals surface area contributed by atoms with Crippen LogP contribution in [0, 0.1) is 5.92 Å². The van der Waals surface area contributed by atoms with E-state index in [9.17, 15) is 18.0 Å². The summed E-state index contributed by atoms with van der Waals surface area (Å²) in [5, 5.41) is 2.81. The molecular weight excluding hydrogens is 416 g/mol. The average molecular weight is 436 g/mol. The number of amides is 2. The van der Waals surface area contributed by atoms with Crippen molar-refractivity contribution in [1.82, 2.24) is 0 Å². The van der Waals surface area contributed by atoms with E-state index in [4.69, 9.17) is 4.74 Å². The number of benzene rings is 3. The largest absolute Gasteiger partial charge is 0.455 e. The van der Waals surface area contributed by atoms with Crippen LogP contribution in [-0.4, -0.2) is 26.0 Å². The van der Waals surface area contributed by atoms with Crippen LogP contribution in [0.15, 0.2) is 78.9 Å². The van der Waals surface area contributed by atoms with Gasteiger partial charge in [-0.1, -0.05) is 37.3 Å². The number of para-hydroxylation sites is 3. The van der Waals surface area contributed by atoms with Crippen LogP contribution < -0.4 is 14.4 Å². The van der Waals surface area contributed by atoms with Crippen LogP contribution >= 0.6 is 0 Å². The van der Waals surface area contributed by atoms with E-state index in [0.717, 1.165) is 4.31 Å². The molecule has 1 fully saturated rings. The highest BCUT2D eigenvalue weighted by Crippen LogP contribution is 2.31. The van der Waals surface area contributed by atoms with Crippen molar-refractivity contribution in [3.05, 3.63) is 84.4 Å². The van der Waals surface area contributed by atoms with Gasteiger partial charge in [-0.3, -0.25) is 9.59 Å². The predicted octanol–water partition coefficient (Wildman–Crippen LogP) is 4.04. The third-order valence-electron chi connectivity index (χ3n) is 4.83. The van der Waals surface area contributed by atoms with Gasteiger partial charge in [-0.25, -0.2) is 12.7 Å². The van der Waals surface area contributed by atoms with Crippen molar-refractivity contribution in [1.29, 1.82) is 0 Å². The second-order valence-corrected chi connectivity index (χ2v) is 9.06. The number of sulfonamides is 1. The fourth-order valence-corrected chi connectivity index (χ4v) is 5.12. The lowest BCUT2D eigenvalue weighted by atomic mass is 10.1. The zero-order valence-electron chi connectivity index (χ0n) is 16.7. The standard InChI is InChI=1S/C23H20N2O5S/c1-16-15-31(28,29)25(23(16)27)18-13-11-17(12-14-18)22(26)24-20-9-5-6-10-21(20)30-19-7-3-2-4-8-19/h2-14,16H,15H2,1H3,(H,24,26). The number of nitrogens with one attached hydrogen (secondary N) is 1. The van der Waals surface area contributed by atoms with Crippen LogP contribution in [0.25, 0.3) is 0 Å². The van der Waals surface area contributed by atoms with Crippen LogP contribution in [-0.2, 0) is 14.8 Å². The SMILES string of the molecule is CC1CS(=O)(=O)N(c2ccc(C(=O)Nc3ccccc3Oc3ccccc3)cc2)C1=O. The van der Waals surface area contributed by atoms with Gasteiger partial charge >= 0.3 is 0 Å². The summed E-state index contributed by atoms with van der Waals surface area (Å²) in [5.74, 6) is -0.537. The highest BCUT2D eigenvalue weighted by atomic mass is 32.2. The minimum atomic E-state index is -3.69. The Labute approximate surface area is 180 Å². The minimum Gasteiger partial charge on any atom is -0.455 e. The van der Waals surface area contributed by atoms with Gasteiger partial charge in [0.1, 0.15) is 5.75 Å². The van der Waals surface area contributed by atoms with Gasteiger partial charge in [0.05, 0.1) is 23.0 Å². The molecule has 1 aliphatic heterocycles. The lowest BCUT2D eigenvalue weighted by Crippen LogP contribution is -2.30. The topological polar surface area (TPSA) is 92.8 Å². The van der Waals surface area contributed by atoms with Crippen molar-refractivity contribution >= 4 is 33.2 Å². The van der Waals surface area contributed by atoms with Gasteiger partial charge in [-0.05, 0) is 48.5 Å². The molecule has 0 saturated carbocycles. The third-order valence-corrected chi connectivity index (χ3v) is 6.70. The lowest BCUT2D eigenvalue weighted by Gasteiger charge is -2.16. The van der Waals surface area contributed by atoms with Gasteiger partial charge in [0, 0.05) is 5.56 Å². The Morgan fingerprint density at radius 1 is 0.968 bits per heavy atom. The van der Waals surface area contributed by atoms with Gasteiger partial charge in [0.2, 0.25) is 15.9 Å². The first-order valence-electron chi connectivity index (χ1n) is 9.65. The Bertz CT molecular complexity index is 1220. The Morgan fingerprint density at radius 3 is 2.26 bits per heavy atom. The molecule has 0 bridgehead atoms. The van der Waals surface area contributed by atoms with Crippen LogP contribution in [0.1, 0.15) is 17.3 Å². The number of ether oxygens (including phenoxy) is 1. The molecule has 158 valence electrons. The Balaban J connectivity index is 1.52. The van der Waals surface area contributed by atoms with Crippen molar-refractivity contribution in [2.75, 3.05) is 15.4 Å². The average Bonchev–Trinajstić information content (AvgIpc) is 2.96. The Hall–Kier alpha value is -3.65. The molecule has 1 atom stereocenters. The molecule has 3 aromatic rings. The molecule has 1 aliphatic rings. The molecule has 2 amide bonds. The van der Waals surface area contributed by atoms with Gasteiger partial charge in [0.25, 0.3) is 5.91 Å². The molecule has 0 aliphatic carbocycles. The predicted molar refractivity (Wildman–Crippen MR) is 118 cm³/mol. The zero-order valence-corrected chi connectivity index (χ0v) is 17.5. The monoisotopic (exact) mass is 436 g/mol. The molecule has 1 saturated heterocycles. The summed E-state index contributed by atoms with van der Waals surface area (Å²) in [6.45, 7) is 1.58. The maximum absolute atomic E-state index is 12.7. The third kappa shape index (κ3) is 4.29. The molecule has 8 heteroatoms. The lowest BCUT2D eigenvalue weighted by molar-refractivity contribution is -0.119. The molecule has 3 aromatic carbocycles. The molecule has 7 nitrogen and oxygen atoms in total. The fraction of sp³-hybridized carbons (Fsp3) is 0.130. The van der Waals surface area contributed by atoms with E-state index in [0.29, 0.717) is 22.7 Å². The summed E-state index contributed by atoms with van der Waals surface area (Å²) >= 11 is 0. The first-order chi connectivity index (χ1) is 14.8. The summed E-state index contributed by atoms with van der Waals surface area (Å²) in [4.78, 5) is 25.0. The van der Waals surface area contributed by atoms with E-state index >= 15 is 0 Å². The molecule has 31 heavy (non-hydrogen) atoms. The summed E-state index contributed by atoms with van der Waals surface area (Å²) in [6, 6.07) is 22.1. The summed E-state index contributed by atoms with van der Waals surface area (Å²) in [5.41, 5.74) is 1.03. The number of nitrogens with zero attached hydrogens (tertiary/aromatic N) is 1. The van der Waals surface area contributed by atoms with E-state index in [-0.39, 0.29) is 17.3 Å². The summed E-state index contributed by atoms with van der Waals surface area (Å²) in [7, 11) is -3.69. The summed E-state index contributed by atoms with van der Waals surface area (Å²) in [6.07, 6.45) is 0. The number of rotatable bonds is 5. The second kappa shape index (κ2) is 8.23. The summed E-state index contributed by atoms with van der Waals surface area (Å²) < 4.78 is 31.1. The smallest absolute Gasteiger partial charge is 0.255 e. The fourth-order valence-electron chi connectivity index (χ4n) is 3.30. The highest BCUT2D eigenvalue weighted by molar-refractivity contribution is 7.94. The second-order valence-electron chi connectivity index (χ2n) is 7.19. The molecular formula is C23H20N2O5S. The zero-order chi connectivity index (χ0) is 22.0. The van der Waals surface area contributed by atoms with Gasteiger partial charge < -0.3 is 10.1 Å². The molecule has 1 heterocycles. The molecule has 0 spiro atoms. The number of carbonyl (C=O) groups excluding carboxylic acids is 2. The Kier molecular flexibility index (Phi) is 5.48. The van der Waals surface area contributed by atoms with Crippen molar-refractivity contribution in [3.8, 4) is 11.5 Å². The first kappa shape index (κ1) is 20.6. The van der Waals surface area contributed by atoms with Crippen molar-refractivity contribution < 1.29 is 22.7 Å². The van der Waals surface area contributed by atoms with Gasteiger partial charge in [-0.2, -0.15) is 0 Å². The molecule has 0 radical (unpaired) electrons. The van der Waals surface area contributed by atoms with Crippen LogP contribution in [0.5, 0.6) is 11.5 Å². The van der Waals surface area contributed by atoms with Crippen LogP contribution in [0.2, 0.25) is 0 Å². The number of carbonyl (C=O) groups is 2. The van der Waals surface area contributed by atoms with Gasteiger partial charge in [0.15, 0.2) is 5.75 Å². The van der Waals surface area contributed by atoms with E-state index in [1.807, 2.05) is 30.3 Å². The van der Waals surface area contributed by atoms with Gasteiger partial charge in [-0.15, -0.1) is 0 Å². The van der Waals surface area contributed by atoms with Crippen molar-refractivity contribution in [2.24, 2.45) is 5.92 Å². The van der Waals surface area contributed by atoms with E-state index in [1.54, 1.807) is 31.2 Å². The quantitative estimate of drug-likeness (QED) is 0.652.